The number of phenolic OH excluding ortho intramolecular Hbond substituents is 1. The van der Waals surface area contributed by atoms with Crippen molar-refractivity contribution in [2.24, 2.45) is 5.92 Å². The second-order valence-corrected chi connectivity index (χ2v) is 5.35. The Bertz CT molecular complexity index is 377. The van der Waals surface area contributed by atoms with Crippen molar-refractivity contribution in [2.45, 2.75) is 20.3 Å². The maximum atomic E-state index is 11.7. The molecular weight excluding hydrogens is 317 g/mol. The first kappa shape index (κ1) is 13.3. The summed E-state index contributed by atoms with van der Waals surface area (Å²) in [6.45, 7) is 4.85. The highest BCUT2D eigenvalue weighted by Crippen LogP contribution is 2.19. The molecule has 0 saturated heterocycles. The molecule has 2 N–H and O–H groups in total. The van der Waals surface area contributed by atoms with Crippen LogP contribution >= 0.6 is 22.6 Å². The van der Waals surface area contributed by atoms with Crippen LogP contribution in [-0.2, 0) is 0 Å². The van der Waals surface area contributed by atoms with Gasteiger partial charge in [0, 0.05) is 10.1 Å². The summed E-state index contributed by atoms with van der Waals surface area (Å²) in [5, 5.41) is 12.3. The van der Waals surface area contributed by atoms with E-state index in [-0.39, 0.29) is 11.7 Å². The van der Waals surface area contributed by atoms with Gasteiger partial charge in [-0.1, -0.05) is 13.8 Å². The predicted molar refractivity (Wildman–Crippen MR) is 72.6 cm³/mol. The summed E-state index contributed by atoms with van der Waals surface area (Å²) in [4.78, 5) is 11.7. The fraction of sp³-hybridized carbons (Fsp3) is 0.417. The van der Waals surface area contributed by atoms with E-state index in [1.165, 1.54) is 0 Å². The molecule has 1 aromatic rings. The van der Waals surface area contributed by atoms with Crippen molar-refractivity contribution in [3.05, 3.63) is 27.3 Å². The van der Waals surface area contributed by atoms with Crippen LogP contribution in [0.2, 0.25) is 0 Å². The molecule has 0 spiro atoms. The molecule has 1 rings (SSSR count). The van der Waals surface area contributed by atoms with Crippen molar-refractivity contribution in [3.63, 3.8) is 0 Å². The molecule has 0 aliphatic carbocycles. The second-order valence-electron chi connectivity index (χ2n) is 4.10. The Morgan fingerprint density at radius 2 is 2.19 bits per heavy atom. The van der Waals surface area contributed by atoms with Crippen LogP contribution in [0.15, 0.2) is 18.2 Å². The molecule has 0 fully saturated rings. The normalized spacial score (nSPS) is 10.5. The Labute approximate surface area is 109 Å². The van der Waals surface area contributed by atoms with Gasteiger partial charge >= 0.3 is 0 Å². The molecule has 16 heavy (non-hydrogen) atoms. The maximum Gasteiger partial charge on any atom is 0.255 e. The number of amides is 1. The first-order chi connectivity index (χ1) is 7.50. The number of benzene rings is 1. The van der Waals surface area contributed by atoms with E-state index in [0.717, 1.165) is 9.99 Å². The Balaban J connectivity index is 2.62. The number of hydrogen-bond donors (Lipinski definition) is 2. The monoisotopic (exact) mass is 333 g/mol. The molecule has 4 heteroatoms. The number of hydrogen-bond acceptors (Lipinski definition) is 2. The summed E-state index contributed by atoms with van der Waals surface area (Å²) in [6, 6.07) is 4.99. The quantitative estimate of drug-likeness (QED) is 0.833. The number of nitrogens with one attached hydrogen (secondary N) is 1. The fourth-order valence-electron chi connectivity index (χ4n) is 1.26. The second kappa shape index (κ2) is 6.08. The molecule has 1 aromatic carbocycles. The molecule has 0 heterocycles. The number of aromatic hydroxyl groups is 1. The molecule has 0 aliphatic rings. The van der Waals surface area contributed by atoms with Crippen LogP contribution in [0.1, 0.15) is 30.6 Å². The highest BCUT2D eigenvalue weighted by Gasteiger charge is 2.10. The summed E-state index contributed by atoms with van der Waals surface area (Å²) >= 11 is 2.11. The number of carbonyl (C=O) groups is 1. The van der Waals surface area contributed by atoms with Gasteiger partial charge < -0.3 is 10.4 Å². The Kier molecular flexibility index (Phi) is 5.05. The Morgan fingerprint density at radius 1 is 1.50 bits per heavy atom. The van der Waals surface area contributed by atoms with Crippen LogP contribution < -0.4 is 5.32 Å². The van der Waals surface area contributed by atoms with Gasteiger partial charge in [-0.25, -0.2) is 0 Å². The van der Waals surface area contributed by atoms with Crippen molar-refractivity contribution in [1.82, 2.24) is 5.32 Å². The molecule has 0 aromatic heterocycles. The van der Waals surface area contributed by atoms with Crippen LogP contribution in [0.4, 0.5) is 0 Å². The van der Waals surface area contributed by atoms with E-state index in [1.807, 2.05) is 0 Å². The molecule has 0 aliphatic heterocycles. The van der Waals surface area contributed by atoms with Gasteiger partial charge in [0.05, 0.1) is 5.56 Å². The average Bonchev–Trinajstić information content (AvgIpc) is 2.21. The summed E-state index contributed by atoms with van der Waals surface area (Å²) in [5.74, 6) is 0.379. The van der Waals surface area contributed by atoms with E-state index in [1.54, 1.807) is 18.2 Å². The van der Waals surface area contributed by atoms with E-state index in [9.17, 15) is 9.90 Å². The van der Waals surface area contributed by atoms with Crippen molar-refractivity contribution in [2.75, 3.05) is 6.54 Å². The van der Waals surface area contributed by atoms with E-state index in [2.05, 4.69) is 41.8 Å². The van der Waals surface area contributed by atoms with Gasteiger partial charge in [-0.3, -0.25) is 4.79 Å². The maximum absolute atomic E-state index is 11.7. The molecule has 1 amide bonds. The predicted octanol–water partition coefficient (Wildman–Crippen LogP) is 2.77. The summed E-state index contributed by atoms with van der Waals surface area (Å²) in [5.41, 5.74) is 0.343. The first-order valence-corrected chi connectivity index (χ1v) is 6.35. The van der Waals surface area contributed by atoms with Crippen LogP contribution in [-0.4, -0.2) is 17.6 Å². The van der Waals surface area contributed by atoms with Gasteiger partial charge in [0.1, 0.15) is 5.75 Å². The summed E-state index contributed by atoms with van der Waals surface area (Å²) < 4.78 is 0.935. The SMILES string of the molecule is CC(C)CCNC(=O)c1cc(I)ccc1O. The lowest BCUT2D eigenvalue weighted by Crippen LogP contribution is -2.25. The Hall–Kier alpha value is -0.780. The van der Waals surface area contributed by atoms with Crippen LogP contribution in [0, 0.1) is 9.49 Å². The highest BCUT2D eigenvalue weighted by atomic mass is 127. The molecule has 88 valence electrons. The van der Waals surface area contributed by atoms with Gasteiger partial charge in [0.2, 0.25) is 0 Å². The van der Waals surface area contributed by atoms with Crippen LogP contribution in [0.25, 0.3) is 0 Å². The standard InChI is InChI=1S/C12H16INO2/c1-8(2)5-6-14-12(16)10-7-9(13)3-4-11(10)15/h3-4,7-8,15H,5-6H2,1-2H3,(H,14,16). The third-order valence-corrected chi connectivity index (χ3v) is 2.88. The highest BCUT2D eigenvalue weighted by molar-refractivity contribution is 14.1. The molecule has 0 radical (unpaired) electrons. The average molecular weight is 333 g/mol. The molecular formula is C12H16INO2. The van der Waals surface area contributed by atoms with Crippen molar-refractivity contribution in [3.8, 4) is 5.75 Å². The molecule has 0 atom stereocenters. The number of phenols is 1. The molecule has 0 saturated carbocycles. The minimum absolute atomic E-state index is 0.0301. The molecule has 0 bridgehead atoms. The van der Waals surface area contributed by atoms with Gasteiger partial charge in [0.25, 0.3) is 5.91 Å². The number of halogens is 1. The minimum atomic E-state index is -0.211. The fourth-order valence-corrected chi connectivity index (χ4v) is 1.75. The van der Waals surface area contributed by atoms with E-state index in [0.29, 0.717) is 18.0 Å². The third-order valence-electron chi connectivity index (χ3n) is 2.21. The Morgan fingerprint density at radius 3 is 2.81 bits per heavy atom. The molecule has 0 unspecified atom stereocenters. The first-order valence-electron chi connectivity index (χ1n) is 5.27. The third kappa shape index (κ3) is 4.00. The topological polar surface area (TPSA) is 49.3 Å². The zero-order chi connectivity index (χ0) is 12.1. The van der Waals surface area contributed by atoms with Gasteiger partial charge in [-0.05, 0) is 53.1 Å². The van der Waals surface area contributed by atoms with E-state index in [4.69, 9.17) is 0 Å². The summed E-state index contributed by atoms with van der Waals surface area (Å²) in [7, 11) is 0. The lowest BCUT2D eigenvalue weighted by Gasteiger charge is -2.08. The number of carbonyl (C=O) groups excluding carboxylic acids is 1. The lowest BCUT2D eigenvalue weighted by atomic mass is 10.1. The molecule has 3 nitrogen and oxygen atoms in total. The van der Waals surface area contributed by atoms with Gasteiger partial charge in [-0.15, -0.1) is 0 Å². The van der Waals surface area contributed by atoms with E-state index < -0.39 is 0 Å². The lowest BCUT2D eigenvalue weighted by molar-refractivity contribution is 0.0949. The largest absolute Gasteiger partial charge is 0.507 e. The van der Waals surface area contributed by atoms with Crippen molar-refractivity contribution < 1.29 is 9.90 Å². The zero-order valence-corrected chi connectivity index (χ0v) is 11.6. The van der Waals surface area contributed by atoms with Crippen LogP contribution in [0.5, 0.6) is 5.75 Å². The zero-order valence-electron chi connectivity index (χ0n) is 9.46. The van der Waals surface area contributed by atoms with Crippen LogP contribution in [0.3, 0.4) is 0 Å². The van der Waals surface area contributed by atoms with Crippen molar-refractivity contribution in [1.29, 1.82) is 0 Å². The smallest absolute Gasteiger partial charge is 0.255 e. The van der Waals surface area contributed by atoms with Crippen molar-refractivity contribution >= 4 is 28.5 Å². The number of rotatable bonds is 4. The minimum Gasteiger partial charge on any atom is -0.507 e. The van der Waals surface area contributed by atoms with Gasteiger partial charge in [0.15, 0.2) is 0 Å². The van der Waals surface area contributed by atoms with Gasteiger partial charge in [-0.2, -0.15) is 0 Å². The van der Waals surface area contributed by atoms with E-state index >= 15 is 0 Å². The summed E-state index contributed by atoms with van der Waals surface area (Å²) in [6.07, 6.45) is 0.941.